The fourth-order valence-electron chi connectivity index (χ4n) is 1.60. The number of hydrogen-bond acceptors (Lipinski definition) is 1. The SMILES string of the molecule is C=Cc1ccc(CNC(=O)CCCCC)cc1. The topological polar surface area (TPSA) is 29.1 Å². The van der Waals surface area contributed by atoms with Crippen LogP contribution in [0.25, 0.3) is 6.08 Å². The van der Waals surface area contributed by atoms with Crippen LogP contribution < -0.4 is 5.32 Å². The lowest BCUT2D eigenvalue weighted by atomic mass is 10.1. The van der Waals surface area contributed by atoms with E-state index in [0.29, 0.717) is 13.0 Å². The normalized spacial score (nSPS) is 9.94. The molecular formula is C15H21NO. The van der Waals surface area contributed by atoms with Crippen LogP contribution in [0, 0.1) is 0 Å². The molecular weight excluding hydrogens is 210 g/mol. The number of amides is 1. The van der Waals surface area contributed by atoms with Gasteiger partial charge in [-0.25, -0.2) is 0 Å². The van der Waals surface area contributed by atoms with Crippen molar-refractivity contribution in [3.05, 3.63) is 42.0 Å². The van der Waals surface area contributed by atoms with Crippen LogP contribution in [0.1, 0.15) is 43.7 Å². The Kier molecular flexibility index (Phi) is 6.08. The van der Waals surface area contributed by atoms with Gasteiger partial charge in [0.25, 0.3) is 0 Å². The van der Waals surface area contributed by atoms with Crippen LogP contribution in [-0.2, 0) is 11.3 Å². The molecule has 0 aliphatic rings. The van der Waals surface area contributed by atoms with Crippen LogP contribution in [-0.4, -0.2) is 5.91 Å². The predicted octanol–water partition coefficient (Wildman–Crippen LogP) is 3.53. The van der Waals surface area contributed by atoms with Gasteiger partial charge in [0.05, 0.1) is 0 Å². The molecule has 17 heavy (non-hydrogen) atoms. The molecule has 0 aliphatic heterocycles. The van der Waals surface area contributed by atoms with Crippen LogP contribution in [0.15, 0.2) is 30.8 Å². The Morgan fingerprint density at radius 3 is 2.59 bits per heavy atom. The van der Waals surface area contributed by atoms with Crippen molar-refractivity contribution in [1.82, 2.24) is 5.32 Å². The second-order valence-corrected chi connectivity index (χ2v) is 4.18. The highest BCUT2D eigenvalue weighted by molar-refractivity contribution is 5.75. The molecule has 1 aromatic carbocycles. The Bertz CT molecular complexity index is 354. The van der Waals surface area contributed by atoms with E-state index in [2.05, 4.69) is 18.8 Å². The Morgan fingerprint density at radius 2 is 2.00 bits per heavy atom. The second-order valence-electron chi connectivity index (χ2n) is 4.18. The van der Waals surface area contributed by atoms with Crippen molar-refractivity contribution in [1.29, 1.82) is 0 Å². The van der Waals surface area contributed by atoms with Gasteiger partial charge in [0, 0.05) is 13.0 Å². The van der Waals surface area contributed by atoms with E-state index in [1.807, 2.05) is 30.3 Å². The predicted molar refractivity (Wildman–Crippen MR) is 72.5 cm³/mol. The summed E-state index contributed by atoms with van der Waals surface area (Å²) in [5.74, 6) is 0.145. The maximum atomic E-state index is 11.5. The molecule has 0 unspecified atom stereocenters. The average molecular weight is 231 g/mol. The summed E-state index contributed by atoms with van der Waals surface area (Å²) in [7, 11) is 0. The summed E-state index contributed by atoms with van der Waals surface area (Å²) in [4.78, 5) is 11.5. The fourth-order valence-corrected chi connectivity index (χ4v) is 1.60. The molecule has 92 valence electrons. The van der Waals surface area contributed by atoms with Crippen molar-refractivity contribution in [3.63, 3.8) is 0 Å². The molecule has 0 heterocycles. The molecule has 0 atom stereocenters. The molecule has 1 rings (SSSR count). The van der Waals surface area contributed by atoms with E-state index in [1.54, 1.807) is 0 Å². The van der Waals surface area contributed by atoms with Crippen LogP contribution in [0.4, 0.5) is 0 Å². The van der Waals surface area contributed by atoms with Gasteiger partial charge in [-0.2, -0.15) is 0 Å². The zero-order valence-electron chi connectivity index (χ0n) is 10.5. The van der Waals surface area contributed by atoms with Gasteiger partial charge in [-0.3, -0.25) is 4.79 Å². The van der Waals surface area contributed by atoms with E-state index in [9.17, 15) is 4.79 Å². The Morgan fingerprint density at radius 1 is 1.29 bits per heavy atom. The molecule has 0 aromatic heterocycles. The molecule has 0 radical (unpaired) electrons. The summed E-state index contributed by atoms with van der Waals surface area (Å²) in [5.41, 5.74) is 2.22. The summed E-state index contributed by atoms with van der Waals surface area (Å²) in [5, 5.41) is 2.93. The molecule has 0 spiro atoms. The van der Waals surface area contributed by atoms with Crippen molar-refractivity contribution in [3.8, 4) is 0 Å². The molecule has 0 saturated heterocycles. The van der Waals surface area contributed by atoms with Crippen LogP contribution in [0.2, 0.25) is 0 Å². The third-order valence-corrected chi connectivity index (χ3v) is 2.71. The van der Waals surface area contributed by atoms with E-state index in [-0.39, 0.29) is 5.91 Å². The van der Waals surface area contributed by atoms with Gasteiger partial charge < -0.3 is 5.32 Å². The van der Waals surface area contributed by atoms with Crippen molar-refractivity contribution in [2.24, 2.45) is 0 Å². The van der Waals surface area contributed by atoms with Gasteiger partial charge in [0.1, 0.15) is 0 Å². The average Bonchev–Trinajstić information content (AvgIpc) is 2.37. The third kappa shape index (κ3) is 5.34. The van der Waals surface area contributed by atoms with Crippen LogP contribution in [0.5, 0.6) is 0 Å². The molecule has 0 bridgehead atoms. The van der Waals surface area contributed by atoms with Gasteiger partial charge in [0.15, 0.2) is 0 Å². The summed E-state index contributed by atoms with van der Waals surface area (Å²) in [6.45, 7) is 6.46. The molecule has 0 aliphatic carbocycles. The summed E-state index contributed by atoms with van der Waals surface area (Å²) < 4.78 is 0. The van der Waals surface area contributed by atoms with E-state index in [0.717, 1.165) is 30.4 Å². The minimum Gasteiger partial charge on any atom is -0.352 e. The first-order valence-corrected chi connectivity index (χ1v) is 6.24. The highest BCUT2D eigenvalue weighted by atomic mass is 16.1. The molecule has 2 heteroatoms. The zero-order valence-corrected chi connectivity index (χ0v) is 10.5. The first-order valence-electron chi connectivity index (χ1n) is 6.24. The fraction of sp³-hybridized carbons (Fsp3) is 0.400. The summed E-state index contributed by atoms with van der Waals surface area (Å²) >= 11 is 0. The van der Waals surface area contributed by atoms with E-state index in [4.69, 9.17) is 0 Å². The summed E-state index contributed by atoms with van der Waals surface area (Å²) in [6, 6.07) is 8.05. The molecule has 1 amide bonds. The van der Waals surface area contributed by atoms with Gasteiger partial charge in [-0.05, 0) is 17.5 Å². The van der Waals surface area contributed by atoms with E-state index >= 15 is 0 Å². The number of hydrogen-bond donors (Lipinski definition) is 1. The van der Waals surface area contributed by atoms with Crippen molar-refractivity contribution in [2.45, 2.75) is 39.2 Å². The maximum absolute atomic E-state index is 11.5. The van der Waals surface area contributed by atoms with Gasteiger partial charge >= 0.3 is 0 Å². The first kappa shape index (κ1) is 13.5. The second kappa shape index (κ2) is 7.66. The Labute approximate surface area is 104 Å². The number of benzene rings is 1. The number of rotatable bonds is 7. The minimum atomic E-state index is 0.145. The van der Waals surface area contributed by atoms with Crippen molar-refractivity contribution < 1.29 is 4.79 Å². The molecule has 0 fully saturated rings. The van der Waals surface area contributed by atoms with Gasteiger partial charge in [-0.15, -0.1) is 0 Å². The Balaban J connectivity index is 2.29. The van der Waals surface area contributed by atoms with Crippen molar-refractivity contribution in [2.75, 3.05) is 0 Å². The largest absolute Gasteiger partial charge is 0.352 e. The Hall–Kier alpha value is -1.57. The molecule has 1 N–H and O–H groups in total. The van der Waals surface area contributed by atoms with Gasteiger partial charge in [0.2, 0.25) is 5.91 Å². The molecule has 1 aromatic rings. The number of carbonyl (C=O) groups is 1. The quantitative estimate of drug-likeness (QED) is 0.715. The smallest absolute Gasteiger partial charge is 0.220 e. The minimum absolute atomic E-state index is 0.145. The lowest BCUT2D eigenvalue weighted by Crippen LogP contribution is -2.22. The van der Waals surface area contributed by atoms with E-state index < -0.39 is 0 Å². The lowest BCUT2D eigenvalue weighted by molar-refractivity contribution is -0.121. The van der Waals surface area contributed by atoms with Crippen LogP contribution in [0.3, 0.4) is 0 Å². The van der Waals surface area contributed by atoms with Crippen LogP contribution >= 0.6 is 0 Å². The molecule has 2 nitrogen and oxygen atoms in total. The maximum Gasteiger partial charge on any atom is 0.220 e. The standard InChI is InChI=1S/C15H21NO/c1-3-5-6-7-15(17)16-12-14-10-8-13(4-2)9-11-14/h4,8-11H,2-3,5-7,12H2,1H3,(H,16,17). The van der Waals surface area contributed by atoms with Crippen molar-refractivity contribution >= 4 is 12.0 Å². The van der Waals surface area contributed by atoms with E-state index in [1.165, 1.54) is 0 Å². The first-order chi connectivity index (χ1) is 8.26. The summed E-state index contributed by atoms with van der Waals surface area (Å²) in [6.07, 6.45) is 5.71. The highest BCUT2D eigenvalue weighted by Crippen LogP contribution is 2.05. The molecule has 0 saturated carbocycles. The third-order valence-electron chi connectivity index (χ3n) is 2.71. The number of unbranched alkanes of at least 4 members (excludes halogenated alkanes) is 2. The lowest BCUT2D eigenvalue weighted by Gasteiger charge is -2.05. The number of nitrogens with one attached hydrogen (secondary N) is 1. The monoisotopic (exact) mass is 231 g/mol. The zero-order chi connectivity index (χ0) is 12.5. The highest BCUT2D eigenvalue weighted by Gasteiger charge is 2.00. The number of carbonyl (C=O) groups excluding carboxylic acids is 1. The van der Waals surface area contributed by atoms with Gasteiger partial charge in [-0.1, -0.05) is 56.7 Å².